The largest absolute Gasteiger partial charge is 0.495 e. The van der Waals surface area contributed by atoms with E-state index in [1.165, 1.54) is 24.8 Å². The van der Waals surface area contributed by atoms with Crippen molar-refractivity contribution in [2.75, 3.05) is 38.1 Å². The molecule has 1 unspecified atom stereocenters. The first-order valence-corrected chi connectivity index (χ1v) is 12.8. The third-order valence-corrected chi connectivity index (χ3v) is 7.08. The van der Waals surface area contributed by atoms with E-state index in [-0.39, 0.29) is 22.5 Å². The highest BCUT2D eigenvalue weighted by Gasteiger charge is 2.22. The molecule has 184 valence electrons. The lowest BCUT2D eigenvalue weighted by atomic mass is 10.2. The molecule has 8 nitrogen and oxygen atoms in total. The lowest BCUT2D eigenvalue weighted by Gasteiger charge is -2.33. The van der Waals surface area contributed by atoms with E-state index in [0.717, 1.165) is 13.1 Å². The first-order valence-electron chi connectivity index (χ1n) is 11.4. The topological polar surface area (TPSA) is 97.0 Å². The first-order chi connectivity index (χ1) is 16.9. The minimum absolute atomic E-state index is 0.0148. The number of nitrogens with one attached hydrogen (secondary N) is 2. The van der Waals surface area contributed by atoms with E-state index in [9.17, 15) is 13.2 Å². The molecule has 1 amide bonds. The van der Waals surface area contributed by atoms with Crippen molar-refractivity contribution < 1.29 is 22.7 Å². The normalized spacial score (nSPS) is 16.4. The van der Waals surface area contributed by atoms with Crippen molar-refractivity contribution in [1.29, 1.82) is 0 Å². The molecule has 3 aromatic rings. The molecule has 3 aromatic carbocycles. The zero-order valence-corrected chi connectivity index (χ0v) is 20.3. The summed E-state index contributed by atoms with van der Waals surface area (Å²) in [5, 5.41) is 2.87. The number of morpholine rings is 1. The van der Waals surface area contributed by atoms with Crippen molar-refractivity contribution in [2.45, 2.75) is 17.5 Å². The van der Waals surface area contributed by atoms with Crippen LogP contribution >= 0.6 is 0 Å². The number of ether oxygens (including phenoxy) is 2. The summed E-state index contributed by atoms with van der Waals surface area (Å²) < 4.78 is 39.4. The third-order valence-electron chi connectivity index (χ3n) is 5.72. The molecule has 1 aliphatic rings. The quantitative estimate of drug-likeness (QED) is 0.474. The molecule has 0 aromatic heterocycles. The number of amides is 1. The van der Waals surface area contributed by atoms with Gasteiger partial charge in [-0.3, -0.25) is 14.4 Å². The van der Waals surface area contributed by atoms with Gasteiger partial charge in [-0.1, -0.05) is 48.5 Å². The predicted octanol–water partition coefficient (Wildman–Crippen LogP) is 3.13. The molecule has 0 aliphatic carbocycles. The minimum Gasteiger partial charge on any atom is -0.495 e. The average Bonchev–Trinajstić information content (AvgIpc) is 2.88. The highest BCUT2D eigenvalue weighted by molar-refractivity contribution is 7.92. The molecular formula is C26H29N3O5S. The Kier molecular flexibility index (Phi) is 8.02. The van der Waals surface area contributed by atoms with Crippen LogP contribution in [-0.4, -0.2) is 58.7 Å². The van der Waals surface area contributed by atoms with Gasteiger partial charge in [0.15, 0.2) is 0 Å². The van der Waals surface area contributed by atoms with Gasteiger partial charge in [-0.25, -0.2) is 8.42 Å². The van der Waals surface area contributed by atoms with Crippen molar-refractivity contribution in [3.05, 3.63) is 90.0 Å². The Morgan fingerprint density at radius 2 is 1.83 bits per heavy atom. The van der Waals surface area contributed by atoms with Gasteiger partial charge in [0.05, 0.1) is 30.4 Å². The second-order valence-electron chi connectivity index (χ2n) is 8.26. The maximum atomic E-state index is 12.9. The number of rotatable bonds is 9. The van der Waals surface area contributed by atoms with Crippen molar-refractivity contribution in [3.8, 4) is 5.75 Å². The fourth-order valence-corrected chi connectivity index (χ4v) is 5.05. The van der Waals surface area contributed by atoms with Gasteiger partial charge in [-0.2, -0.15) is 0 Å². The highest BCUT2D eigenvalue weighted by Crippen LogP contribution is 2.26. The van der Waals surface area contributed by atoms with Gasteiger partial charge in [0.25, 0.3) is 15.9 Å². The van der Waals surface area contributed by atoms with Crippen LogP contribution in [-0.2, 0) is 21.3 Å². The fourth-order valence-electron chi connectivity index (χ4n) is 3.93. The summed E-state index contributed by atoms with van der Waals surface area (Å²) in [5.41, 5.74) is 1.81. The zero-order valence-electron chi connectivity index (χ0n) is 19.5. The van der Waals surface area contributed by atoms with Gasteiger partial charge in [0, 0.05) is 31.7 Å². The summed E-state index contributed by atoms with van der Waals surface area (Å²) in [6.07, 6.45) is -0.143. The monoisotopic (exact) mass is 495 g/mol. The maximum absolute atomic E-state index is 12.9. The van der Waals surface area contributed by atoms with E-state index in [1.54, 1.807) is 36.4 Å². The lowest BCUT2D eigenvalue weighted by Crippen LogP contribution is -2.47. The van der Waals surface area contributed by atoms with Crippen molar-refractivity contribution in [3.63, 3.8) is 0 Å². The van der Waals surface area contributed by atoms with Crippen LogP contribution in [0.15, 0.2) is 83.8 Å². The van der Waals surface area contributed by atoms with Crippen LogP contribution in [0.4, 0.5) is 5.69 Å². The van der Waals surface area contributed by atoms with Crippen LogP contribution in [0.25, 0.3) is 0 Å². The Balaban J connectivity index is 1.36. The van der Waals surface area contributed by atoms with Crippen molar-refractivity contribution in [2.24, 2.45) is 0 Å². The van der Waals surface area contributed by atoms with Gasteiger partial charge < -0.3 is 14.8 Å². The van der Waals surface area contributed by atoms with Crippen molar-refractivity contribution >= 4 is 21.6 Å². The molecule has 1 atom stereocenters. The summed E-state index contributed by atoms with van der Waals surface area (Å²) in [4.78, 5) is 15.1. The van der Waals surface area contributed by atoms with Crippen LogP contribution in [0.2, 0.25) is 0 Å². The summed E-state index contributed by atoms with van der Waals surface area (Å²) in [6, 6.07) is 22.9. The number of hydrogen-bond donors (Lipinski definition) is 2. The summed E-state index contributed by atoms with van der Waals surface area (Å²) >= 11 is 0. The Morgan fingerprint density at radius 3 is 2.63 bits per heavy atom. The molecule has 1 fully saturated rings. The number of anilines is 1. The SMILES string of the molecule is COc1ccccc1NS(=O)(=O)c1cccc(C(=O)NCC2CN(Cc3ccccc3)CCO2)c1. The van der Waals surface area contributed by atoms with Crippen molar-refractivity contribution in [1.82, 2.24) is 10.2 Å². The Bertz CT molecular complexity index is 1250. The van der Waals surface area contributed by atoms with Crippen LogP contribution < -0.4 is 14.8 Å². The Labute approximate surface area is 205 Å². The molecule has 1 aliphatic heterocycles. The average molecular weight is 496 g/mol. The molecule has 0 spiro atoms. The maximum Gasteiger partial charge on any atom is 0.262 e. The summed E-state index contributed by atoms with van der Waals surface area (Å²) in [7, 11) is -2.45. The number of carbonyl (C=O) groups excluding carboxylic acids is 1. The van der Waals surface area contributed by atoms with Gasteiger partial charge >= 0.3 is 0 Å². The number of methoxy groups -OCH3 is 1. The standard InChI is InChI=1S/C26H29N3O5S/c1-33-25-13-6-5-12-24(25)28-35(31,32)23-11-7-10-21(16-23)26(30)27-17-22-19-29(14-15-34-22)18-20-8-3-2-4-9-20/h2-13,16,22,28H,14-15,17-19H2,1H3,(H,27,30). The number of sulfonamides is 1. The molecular weight excluding hydrogens is 466 g/mol. The zero-order chi connectivity index (χ0) is 24.7. The molecule has 9 heteroatoms. The number of hydrogen-bond acceptors (Lipinski definition) is 6. The molecule has 0 bridgehead atoms. The second-order valence-corrected chi connectivity index (χ2v) is 9.94. The van der Waals surface area contributed by atoms with Crippen LogP contribution in [0, 0.1) is 0 Å². The Morgan fingerprint density at radius 1 is 1.06 bits per heavy atom. The van der Waals surface area contributed by atoms with Crippen LogP contribution in [0.1, 0.15) is 15.9 Å². The number of nitrogens with zero attached hydrogens (tertiary/aromatic N) is 1. The van der Waals surface area contributed by atoms with Crippen LogP contribution in [0.5, 0.6) is 5.75 Å². The van der Waals surface area contributed by atoms with E-state index >= 15 is 0 Å². The van der Waals surface area contributed by atoms with Gasteiger partial charge in [-0.05, 0) is 35.9 Å². The van der Waals surface area contributed by atoms with Gasteiger partial charge in [-0.15, -0.1) is 0 Å². The second kappa shape index (κ2) is 11.4. The molecule has 4 rings (SSSR count). The Hall–Kier alpha value is -3.40. The highest BCUT2D eigenvalue weighted by atomic mass is 32.2. The van der Waals surface area contributed by atoms with E-state index in [0.29, 0.717) is 31.1 Å². The van der Waals surface area contributed by atoms with E-state index in [2.05, 4.69) is 27.1 Å². The third kappa shape index (κ3) is 6.60. The number of benzene rings is 3. The molecule has 1 saturated heterocycles. The number of carbonyl (C=O) groups is 1. The smallest absolute Gasteiger partial charge is 0.262 e. The molecule has 35 heavy (non-hydrogen) atoms. The van der Waals surface area contributed by atoms with E-state index in [4.69, 9.17) is 9.47 Å². The van der Waals surface area contributed by atoms with Gasteiger partial charge in [0.2, 0.25) is 0 Å². The molecule has 0 radical (unpaired) electrons. The van der Waals surface area contributed by atoms with Gasteiger partial charge in [0.1, 0.15) is 5.75 Å². The molecule has 2 N–H and O–H groups in total. The van der Waals surface area contributed by atoms with Crippen LogP contribution in [0.3, 0.4) is 0 Å². The fraction of sp³-hybridized carbons (Fsp3) is 0.269. The summed E-state index contributed by atoms with van der Waals surface area (Å²) in [5.74, 6) is 0.0434. The number of para-hydroxylation sites is 2. The minimum atomic E-state index is -3.92. The lowest BCUT2D eigenvalue weighted by molar-refractivity contribution is -0.0292. The van der Waals surface area contributed by atoms with E-state index < -0.39 is 10.0 Å². The van der Waals surface area contributed by atoms with E-state index in [1.807, 2.05) is 18.2 Å². The predicted molar refractivity (Wildman–Crippen MR) is 134 cm³/mol. The first kappa shape index (κ1) is 24.7. The summed E-state index contributed by atoms with van der Waals surface area (Å²) in [6.45, 7) is 3.29. The molecule has 1 heterocycles. The molecule has 0 saturated carbocycles.